The topological polar surface area (TPSA) is 96.5 Å². The number of fused-ring (bicyclic) bond motifs is 1. The largest absolute Gasteiger partial charge is 0.495 e. The van der Waals surface area contributed by atoms with E-state index in [4.69, 9.17) is 4.74 Å². The van der Waals surface area contributed by atoms with Gasteiger partial charge in [0.05, 0.1) is 24.0 Å². The highest BCUT2D eigenvalue weighted by Crippen LogP contribution is 2.25. The van der Waals surface area contributed by atoms with Gasteiger partial charge >= 0.3 is 0 Å². The molecular formula is C20H21N3O4. The van der Waals surface area contributed by atoms with Crippen LogP contribution in [0.25, 0.3) is 0 Å². The average Bonchev–Trinajstić information content (AvgIpc) is 2.76. The summed E-state index contributed by atoms with van der Waals surface area (Å²) < 4.78 is 5.24. The summed E-state index contributed by atoms with van der Waals surface area (Å²) >= 11 is 0. The van der Waals surface area contributed by atoms with Gasteiger partial charge in [0.2, 0.25) is 11.8 Å². The first-order chi connectivity index (χ1) is 13.0. The van der Waals surface area contributed by atoms with Crippen LogP contribution in [0.2, 0.25) is 0 Å². The second-order valence-electron chi connectivity index (χ2n) is 6.35. The molecule has 0 saturated carbocycles. The SMILES string of the molecule is COc1ccc(C)cc1NC(=O)CCC1NC(=O)c2ccccc2NC1=O. The number of hydrogen-bond donors (Lipinski definition) is 3. The van der Waals surface area contributed by atoms with E-state index < -0.39 is 6.04 Å². The van der Waals surface area contributed by atoms with Crippen LogP contribution in [0.4, 0.5) is 11.4 Å². The number of rotatable bonds is 5. The summed E-state index contributed by atoms with van der Waals surface area (Å²) in [5, 5.41) is 8.20. The molecule has 0 bridgehead atoms. The van der Waals surface area contributed by atoms with E-state index in [1.807, 2.05) is 19.1 Å². The van der Waals surface area contributed by atoms with Gasteiger partial charge in [-0.1, -0.05) is 18.2 Å². The summed E-state index contributed by atoms with van der Waals surface area (Å²) in [6.45, 7) is 1.91. The van der Waals surface area contributed by atoms with Gasteiger partial charge < -0.3 is 20.7 Å². The number of hydrogen-bond acceptors (Lipinski definition) is 4. The maximum Gasteiger partial charge on any atom is 0.254 e. The third kappa shape index (κ3) is 4.25. The summed E-state index contributed by atoms with van der Waals surface area (Å²) in [6, 6.07) is 11.5. The maximum absolute atomic E-state index is 12.4. The molecule has 2 aromatic rings. The Morgan fingerprint density at radius 2 is 1.96 bits per heavy atom. The number of benzene rings is 2. The summed E-state index contributed by atoms with van der Waals surface area (Å²) in [7, 11) is 1.53. The van der Waals surface area contributed by atoms with Gasteiger partial charge in [-0.05, 0) is 43.2 Å². The Hall–Kier alpha value is -3.35. The normalized spacial score (nSPS) is 15.9. The van der Waals surface area contributed by atoms with E-state index in [0.717, 1.165) is 5.56 Å². The van der Waals surface area contributed by atoms with Crippen LogP contribution in [0.5, 0.6) is 5.75 Å². The molecular weight excluding hydrogens is 346 g/mol. The van der Waals surface area contributed by atoms with Crippen LogP contribution < -0.4 is 20.7 Å². The zero-order chi connectivity index (χ0) is 19.4. The van der Waals surface area contributed by atoms with Crippen molar-refractivity contribution >= 4 is 29.1 Å². The lowest BCUT2D eigenvalue weighted by Gasteiger charge is -2.15. The predicted molar refractivity (Wildman–Crippen MR) is 102 cm³/mol. The van der Waals surface area contributed by atoms with Crippen LogP contribution in [0.3, 0.4) is 0 Å². The number of carbonyl (C=O) groups is 3. The lowest BCUT2D eigenvalue weighted by Crippen LogP contribution is -2.41. The molecule has 3 N–H and O–H groups in total. The van der Waals surface area contributed by atoms with Gasteiger partial charge in [0.15, 0.2) is 0 Å². The first kappa shape index (κ1) is 18.4. The summed E-state index contributed by atoms with van der Waals surface area (Å²) in [5.41, 5.74) is 2.43. The second kappa shape index (κ2) is 7.90. The molecule has 1 aliphatic heterocycles. The highest BCUT2D eigenvalue weighted by atomic mass is 16.5. The number of amides is 3. The Labute approximate surface area is 157 Å². The highest BCUT2D eigenvalue weighted by Gasteiger charge is 2.27. The van der Waals surface area contributed by atoms with Gasteiger partial charge in [-0.25, -0.2) is 0 Å². The molecule has 0 spiro atoms. The molecule has 0 aliphatic carbocycles. The van der Waals surface area contributed by atoms with Gasteiger partial charge in [-0.2, -0.15) is 0 Å². The van der Waals surface area contributed by atoms with Crippen LogP contribution in [-0.2, 0) is 9.59 Å². The van der Waals surface area contributed by atoms with Gasteiger partial charge in [0.1, 0.15) is 11.8 Å². The minimum atomic E-state index is -0.782. The molecule has 27 heavy (non-hydrogen) atoms. The molecule has 1 heterocycles. The van der Waals surface area contributed by atoms with Gasteiger partial charge in [0, 0.05) is 6.42 Å². The van der Waals surface area contributed by atoms with Crippen molar-refractivity contribution in [2.75, 3.05) is 17.7 Å². The Balaban J connectivity index is 1.63. The van der Waals surface area contributed by atoms with E-state index in [9.17, 15) is 14.4 Å². The average molecular weight is 367 g/mol. The zero-order valence-electron chi connectivity index (χ0n) is 15.2. The molecule has 0 saturated heterocycles. The number of ether oxygens (including phenoxy) is 1. The van der Waals surface area contributed by atoms with Crippen LogP contribution in [0.1, 0.15) is 28.8 Å². The molecule has 0 aromatic heterocycles. The van der Waals surface area contributed by atoms with Crippen molar-refractivity contribution in [1.82, 2.24) is 5.32 Å². The number of carbonyl (C=O) groups excluding carboxylic acids is 3. The fourth-order valence-corrected chi connectivity index (χ4v) is 2.92. The van der Waals surface area contributed by atoms with Crippen molar-refractivity contribution in [2.24, 2.45) is 0 Å². The number of methoxy groups -OCH3 is 1. The van der Waals surface area contributed by atoms with E-state index in [2.05, 4.69) is 16.0 Å². The fraction of sp³-hybridized carbons (Fsp3) is 0.250. The van der Waals surface area contributed by atoms with E-state index in [-0.39, 0.29) is 30.6 Å². The standard InChI is InChI=1S/C20H21N3O4/c1-12-7-9-17(27-2)16(11-12)21-18(24)10-8-15-20(26)22-14-6-4-3-5-13(14)19(25)23-15/h3-7,9,11,15H,8,10H2,1-2H3,(H,21,24)(H,22,26)(H,23,25). The van der Waals surface area contributed by atoms with Crippen molar-refractivity contribution in [3.63, 3.8) is 0 Å². The predicted octanol–water partition coefficient (Wildman–Crippen LogP) is 2.47. The molecule has 7 heteroatoms. The van der Waals surface area contributed by atoms with Crippen LogP contribution in [0.15, 0.2) is 42.5 Å². The van der Waals surface area contributed by atoms with Crippen LogP contribution >= 0.6 is 0 Å². The quantitative estimate of drug-likeness (QED) is 0.756. The second-order valence-corrected chi connectivity index (χ2v) is 6.35. The minimum absolute atomic E-state index is 0.0752. The number of aryl methyl sites for hydroxylation is 1. The number of para-hydroxylation sites is 1. The summed E-state index contributed by atoms with van der Waals surface area (Å²) in [4.78, 5) is 37.0. The molecule has 2 aromatic carbocycles. The third-order valence-corrected chi connectivity index (χ3v) is 4.34. The lowest BCUT2D eigenvalue weighted by molar-refractivity contribution is -0.118. The van der Waals surface area contributed by atoms with Crippen LogP contribution in [-0.4, -0.2) is 30.9 Å². The van der Waals surface area contributed by atoms with Gasteiger partial charge in [-0.3, -0.25) is 14.4 Å². The van der Waals surface area contributed by atoms with Crippen molar-refractivity contribution in [3.8, 4) is 5.75 Å². The van der Waals surface area contributed by atoms with Gasteiger partial charge in [-0.15, -0.1) is 0 Å². The van der Waals surface area contributed by atoms with E-state index >= 15 is 0 Å². The van der Waals surface area contributed by atoms with Crippen molar-refractivity contribution in [2.45, 2.75) is 25.8 Å². The molecule has 1 unspecified atom stereocenters. The molecule has 3 amide bonds. The summed E-state index contributed by atoms with van der Waals surface area (Å²) in [6.07, 6.45) is 0.261. The Bertz CT molecular complexity index is 895. The molecule has 0 radical (unpaired) electrons. The number of anilines is 2. The minimum Gasteiger partial charge on any atom is -0.495 e. The first-order valence-corrected chi connectivity index (χ1v) is 8.63. The Morgan fingerprint density at radius 3 is 2.74 bits per heavy atom. The first-order valence-electron chi connectivity index (χ1n) is 8.63. The van der Waals surface area contributed by atoms with Crippen molar-refractivity contribution in [1.29, 1.82) is 0 Å². The van der Waals surface area contributed by atoms with Gasteiger partial charge in [0.25, 0.3) is 5.91 Å². The highest BCUT2D eigenvalue weighted by molar-refractivity contribution is 6.10. The van der Waals surface area contributed by atoms with E-state index in [1.165, 1.54) is 7.11 Å². The Kier molecular flexibility index (Phi) is 5.40. The van der Waals surface area contributed by atoms with Crippen molar-refractivity contribution in [3.05, 3.63) is 53.6 Å². The molecule has 7 nitrogen and oxygen atoms in total. The van der Waals surface area contributed by atoms with E-state index in [0.29, 0.717) is 22.7 Å². The van der Waals surface area contributed by atoms with Crippen molar-refractivity contribution < 1.29 is 19.1 Å². The molecule has 3 rings (SSSR count). The smallest absolute Gasteiger partial charge is 0.254 e. The molecule has 140 valence electrons. The number of nitrogens with one attached hydrogen (secondary N) is 3. The van der Waals surface area contributed by atoms with Crippen LogP contribution in [0, 0.1) is 6.92 Å². The lowest BCUT2D eigenvalue weighted by atomic mass is 10.1. The molecule has 1 atom stereocenters. The Morgan fingerprint density at radius 1 is 1.19 bits per heavy atom. The van der Waals surface area contributed by atoms with E-state index in [1.54, 1.807) is 30.3 Å². The monoisotopic (exact) mass is 367 g/mol. The fourth-order valence-electron chi connectivity index (χ4n) is 2.92. The molecule has 1 aliphatic rings. The third-order valence-electron chi connectivity index (χ3n) is 4.34. The molecule has 0 fully saturated rings. The summed E-state index contributed by atoms with van der Waals surface area (Å²) in [5.74, 6) is -0.378. The maximum atomic E-state index is 12.4. The zero-order valence-corrected chi connectivity index (χ0v) is 15.2.